The van der Waals surface area contributed by atoms with Crippen molar-refractivity contribution in [3.8, 4) is 0 Å². The second-order valence-electron chi connectivity index (χ2n) is 24.5. The van der Waals surface area contributed by atoms with Gasteiger partial charge in [-0.1, -0.05) is 97.1 Å². The van der Waals surface area contributed by atoms with E-state index in [4.69, 9.17) is 45.3 Å². The van der Waals surface area contributed by atoms with Gasteiger partial charge in [0.15, 0.2) is 16.6 Å². The molecule has 23 heteroatoms. The van der Waals surface area contributed by atoms with Crippen LogP contribution in [0.5, 0.6) is 0 Å². The number of benzene rings is 2. The third-order valence-corrected chi connectivity index (χ3v) is 58.1. The van der Waals surface area contributed by atoms with Crippen LogP contribution in [0.2, 0.25) is 169 Å². The van der Waals surface area contributed by atoms with Gasteiger partial charge in [0.2, 0.25) is 0 Å². The van der Waals surface area contributed by atoms with Gasteiger partial charge in [-0.3, -0.25) is 0 Å². The molecule has 406 valence electrons. The average molecular weight is 1190 g/mol. The summed E-state index contributed by atoms with van der Waals surface area (Å²) in [5, 5.41) is 0. The van der Waals surface area contributed by atoms with E-state index in [0.717, 1.165) is 37.4 Å². The maximum Gasteiger partial charge on any atom is 0.317 e. The fourth-order valence-corrected chi connectivity index (χ4v) is 71.7. The maximum atomic E-state index is 7.30. The molecule has 2 aromatic carbocycles. The van der Waals surface area contributed by atoms with E-state index in [1.54, 1.807) is 6.08 Å². The van der Waals surface area contributed by atoms with Gasteiger partial charge >= 0.3 is 85.6 Å². The standard InChI is InChI=1S/C48H100O11Si12/c1-26-27-30-35-46(2)40-43-60(3,4)49-63(9,10)52-69(21,22)58-71(25,45-42-48-38-33-29-34-39-48)59-70(23,24)57-68(19,20)56-67(17,18)55-66(15,16)54-65(13,14)53-64(11,12)51-62(7,8)50-61(5,6)44-41-47-36-31-28-32-37-47/h26-39H,1,40-45H2,2-25H3/b30-27-,46-35+. The van der Waals surface area contributed by atoms with Gasteiger partial charge in [0.1, 0.15) is 0 Å². The number of allylic oxidation sites excluding steroid dienone is 5. The van der Waals surface area contributed by atoms with Crippen molar-refractivity contribution in [1.29, 1.82) is 0 Å². The van der Waals surface area contributed by atoms with Gasteiger partial charge in [0.25, 0.3) is 0 Å². The van der Waals surface area contributed by atoms with Crippen LogP contribution in [0.15, 0.2) is 97.1 Å². The molecular formula is C48H100O11Si12. The van der Waals surface area contributed by atoms with Crippen molar-refractivity contribution in [1.82, 2.24) is 0 Å². The smallest absolute Gasteiger partial charge is 0.317 e. The fourth-order valence-electron chi connectivity index (χ4n) is 9.91. The Bertz CT molecular complexity index is 2010. The van der Waals surface area contributed by atoms with E-state index in [1.807, 2.05) is 12.2 Å². The molecule has 2 rings (SSSR count). The Hall–Kier alpha value is -0.177. The molecule has 0 bridgehead atoms. The monoisotopic (exact) mass is 1190 g/mol. The highest BCUT2D eigenvalue weighted by Crippen LogP contribution is 2.34. The Balaban J connectivity index is 2.18. The lowest BCUT2D eigenvalue weighted by molar-refractivity contribution is 0.251. The summed E-state index contributed by atoms with van der Waals surface area (Å²) in [6, 6.07) is 24.0. The average Bonchev–Trinajstić information content (AvgIpc) is 3.11. The third kappa shape index (κ3) is 29.2. The van der Waals surface area contributed by atoms with Crippen molar-refractivity contribution in [2.45, 2.75) is 195 Å². The zero-order valence-electron chi connectivity index (χ0n) is 49.0. The second kappa shape index (κ2) is 26.4. The summed E-state index contributed by atoms with van der Waals surface area (Å²) >= 11 is 0. The fraction of sp³-hybridized carbons (Fsp3) is 0.625. The summed E-state index contributed by atoms with van der Waals surface area (Å²) in [6.45, 7) is 55.5. The van der Waals surface area contributed by atoms with E-state index >= 15 is 0 Å². The molecule has 0 spiro atoms. The van der Waals surface area contributed by atoms with Gasteiger partial charge in [0.05, 0.1) is 0 Å². The summed E-state index contributed by atoms with van der Waals surface area (Å²) in [7, 11) is -31.7. The van der Waals surface area contributed by atoms with E-state index in [0.29, 0.717) is 0 Å². The zero-order chi connectivity index (χ0) is 54.7. The normalized spacial score (nSPS) is 15.6. The van der Waals surface area contributed by atoms with E-state index in [-0.39, 0.29) is 0 Å². The second-order valence-corrected chi connectivity index (χ2v) is 69.5. The predicted octanol–water partition coefficient (Wildman–Crippen LogP) is 15.5. The van der Waals surface area contributed by atoms with Crippen molar-refractivity contribution >= 4 is 102 Å². The van der Waals surface area contributed by atoms with Crippen molar-refractivity contribution in [3.63, 3.8) is 0 Å². The number of hydrogen-bond acceptors (Lipinski definition) is 11. The van der Waals surface area contributed by atoms with Crippen LogP contribution in [0.1, 0.15) is 24.5 Å². The summed E-state index contributed by atoms with van der Waals surface area (Å²) in [5.41, 5.74) is 3.92. The zero-order valence-corrected chi connectivity index (χ0v) is 61.0. The predicted molar refractivity (Wildman–Crippen MR) is 328 cm³/mol. The lowest BCUT2D eigenvalue weighted by Gasteiger charge is -2.45. The first-order chi connectivity index (χ1) is 31.9. The Kier molecular flexibility index (Phi) is 24.9. The molecule has 0 aliphatic rings. The minimum Gasteiger partial charge on any atom is -0.436 e. The molecule has 1 atom stereocenters. The van der Waals surface area contributed by atoms with Crippen LogP contribution < -0.4 is 0 Å². The van der Waals surface area contributed by atoms with Crippen LogP contribution in [-0.2, 0) is 58.1 Å². The first-order valence-corrected chi connectivity index (χ1v) is 59.7. The highest BCUT2D eigenvalue weighted by Gasteiger charge is 2.52. The lowest BCUT2D eigenvalue weighted by atomic mass is 10.2. The summed E-state index contributed by atoms with van der Waals surface area (Å²) in [6.07, 6.45) is 10.8. The van der Waals surface area contributed by atoms with Gasteiger partial charge in [-0.25, -0.2) is 0 Å². The molecule has 0 saturated heterocycles. The van der Waals surface area contributed by atoms with Crippen LogP contribution in [0.3, 0.4) is 0 Å². The van der Waals surface area contributed by atoms with Crippen molar-refractivity contribution in [2.24, 2.45) is 0 Å². The van der Waals surface area contributed by atoms with Crippen molar-refractivity contribution in [2.75, 3.05) is 0 Å². The molecule has 1 unspecified atom stereocenters. The SMILES string of the molecule is C=C/C=C\C=C(/C)CC[Si](C)(C)O[Si](C)(C)O[Si](C)(C)O[Si](C)(CCc1ccccc1)O[Si](C)(C)O[Si](C)(C)O[Si](C)(C)O[Si](C)(C)O[Si](C)(C)O[Si](C)(C)O[Si](C)(C)O[Si](C)(C)CCc1ccccc1. The maximum absolute atomic E-state index is 7.30. The van der Waals surface area contributed by atoms with Crippen LogP contribution in [-0.4, -0.2) is 102 Å². The lowest BCUT2D eigenvalue weighted by Crippen LogP contribution is -2.63. The minimum absolute atomic E-state index is 0.753. The van der Waals surface area contributed by atoms with Crippen LogP contribution in [0.4, 0.5) is 0 Å². The van der Waals surface area contributed by atoms with Gasteiger partial charge in [0, 0.05) is 0 Å². The van der Waals surface area contributed by atoms with Gasteiger partial charge in [-0.15, -0.1) is 0 Å². The molecule has 0 heterocycles. The molecule has 11 nitrogen and oxygen atoms in total. The van der Waals surface area contributed by atoms with E-state index in [1.165, 1.54) is 16.7 Å². The molecule has 0 N–H and O–H groups in total. The summed E-state index contributed by atoms with van der Waals surface area (Å²) < 4.78 is 77.4. The summed E-state index contributed by atoms with van der Waals surface area (Å²) in [4.78, 5) is 0. The van der Waals surface area contributed by atoms with E-state index in [2.05, 4.69) is 231 Å². The third-order valence-electron chi connectivity index (χ3n) is 10.7. The quantitative estimate of drug-likeness (QED) is 0.0504. The Morgan fingerprint density at radius 3 is 0.972 bits per heavy atom. The molecule has 0 aliphatic heterocycles. The topological polar surface area (TPSA) is 102 Å². The molecule has 2 aromatic rings. The molecule has 0 aromatic heterocycles. The number of hydrogen-bond donors (Lipinski definition) is 0. The Morgan fingerprint density at radius 2 is 0.648 bits per heavy atom. The number of rotatable bonds is 33. The molecule has 0 saturated carbocycles. The first-order valence-electron chi connectivity index (χ1n) is 25.6. The van der Waals surface area contributed by atoms with Crippen LogP contribution in [0.25, 0.3) is 0 Å². The molecule has 0 fully saturated rings. The molecule has 0 amide bonds. The van der Waals surface area contributed by atoms with Crippen molar-refractivity contribution < 1.29 is 45.3 Å². The first kappa shape index (κ1) is 66.9. The molecule has 0 radical (unpaired) electrons. The summed E-state index contributed by atoms with van der Waals surface area (Å²) in [5.74, 6) is 0. The van der Waals surface area contributed by atoms with Crippen molar-refractivity contribution in [3.05, 3.63) is 108 Å². The molecular weight excluding hydrogens is 1090 g/mol. The van der Waals surface area contributed by atoms with Gasteiger partial charge in [-0.2, -0.15) is 0 Å². The van der Waals surface area contributed by atoms with E-state index in [9.17, 15) is 0 Å². The van der Waals surface area contributed by atoms with Gasteiger partial charge in [-0.05, 0) is 206 Å². The van der Waals surface area contributed by atoms with Crippen LogP contribution >= 0.6 is 0 Å². The van der Waals surface area contributed by atoms with Gasteiger partial charge < -0.3 is 45.3 Å². The molecule has 0 aliphatic carbocycles. The van der Waals surface area contributed by atoms with Crippen LogP contribution in [0, 0.1) is 0 Å². The van der Waals surface area contributed by atoms with E-state index < -0.39 is 102 Å². The number of aryl methyl sites for hydroxylation is 2. The Labute approximate surface area is 447 Å². The highest BCUT2D eigenvalue weighted by atomic mass is 28.5. The highest BCUT2D eigenvalue weighted by molar-refractivity contribution is 6.94. The minimum atomic E-state index is -2.95. The molecule has 71 heavy (non-hydrogen) atoms. The largest absolute Gasteiger partial charge is 0.436 e. The Morgan fingerprint density at radius 1 is 0.366 bits per heavy atom.